The van der Waals surface area contributed by atoms with Crippen molar-refractivity contribution in [2.75, 3.05) is 25.5 Å². The van der Waals surface area contributed by atoms with E-state index in [0.29, 0.717) is 6.54 Å². The van der Waals surface area contributed by atoms with E-state index in [1.54, 1.807) is 37.2 Å². The third kappa shape index (κ3) is 2.45. The van der Waals surface area contributed by atoms with Crippen LogP contribution in [0.1, 0.15) is 12.5 Å². The Bertz CT molecular complexity index is 389. The molecule has 4 heteroatoms. The number of phenols is 1. The van der Waals surface area contributed by atoms with Crippen molar-refractivity contribution in [2.24, 2.45) is 0 Å². The van der Waals surface area contributed by atoms with Crippen LogP contribution in [-0.4, -0.2) is 36.7 Å². The molecule has 16 heavy (non-hydrogen) atoms. The topological polar surface area (TPSA) is 43.8 Å². The average molecular weight is 222 g/mol. The van der Waals surface area contributed by atoms with Gasteiger partial charge in [-0.2, -0.15) is 0 Å². The van der Waals surface area contributed by atoms with Gasteiger partial charge in [0.15, 0.2) is 0 Å². The predicted octanol–water partition coefficient (Wildman–Crippen LogP) is 2.21. The van der Waals surface area contributed by atoms with Gasteiger partial charge in [0.2, 0.25) is 0 Å². The normalized spacial score (nSPS) is 10.0. The van der Waals surface area contributed by atoms with Crippen LogP contribution < -0.4 is 4.90 Å². The number of hydrogen-bond donors (Lipinski definition) is 1. The minimum atomic E-state index is -0.0869. The molecule has 0 radical (unpaired) electrons. The minimum absolute atomic E-state index is 0.0869. The Labute approximate surface area is 96.1 Å². The van der Waals surface area contributed by atoms with E-state index >= 15 is 0 Å². The molecule has 0 fully saturated rings. The van der Waals surface area contributed by atoms with Gasteiger partial charge in [0.1, 0.15) is 5.75 Å². The van der Waals surface area contributed by atoms with Crippen LogP contribution in [0.3, 0.4) is 0 Å². The first-order valence-electron chi connectivity index (χ1n) is 5.25. The summed E-state index contributed by atoms with van der Waals surface area (Å²) in [5, 5.41) is 9.45. The lowest BCUT2D eigenvalue weighted by atomic mass is 10.1. The number of nitrogens with zero attached hydrogens (tertiary/aromatic N) is 2. The van der Waals surface area contributed by atoms with Crippen LogP contribution >= 0.6 is 0 Å². The Morgan fingerprint density at radius 2 is 2.00 bits per heavy atom. The van der Waals surface area contributed by atoms with Crippen LogP contribution in [0.2, 0.25) is 0 Å². The molecule has 1 aromatic carbocycles. The summed E-state index contributed by atoms with van der Waals surface area (Å²) in [6.07, 6.45) is 0. The molecular weight excluding hydrogens is 204 g/mol. The van der Waals surface area contributed by atoms with Gasteiger partial charge < -0.3 is 10.0 Å². The van der Waals surface area contributed by atoms with Crippen molar-refractivity contribution in [2.45, 2.75) is 13.8 Å². The van der Waals surface area contributed by atoms with Gasteiger partial charge in [-0.25, -0.2) is 4.79 Å². The summed E-state index contributed by atoms with van der Waals surface area (Å²) in [6, 6.07) is 4.94. The number of rotatable bonds is 2. The van der Waals surface area contributed by atoms with Crippen molar-refractivity contribution in [3.63, 3.8) is 0 Å². The molecular formula is C12H18N2O2. The van der Waals surface area contributed by atoms with E-state index in [4.69, 9.17) is 0 Å². The van der Waals surface area contributed by atoms with E-state index in [9.17, 15) is 9.90 Å². The molecule has 2 amide bonds. The van der Waals surface area contributed by atoms with E-state index < -0.39 is 0 Å². The second-order valence-electron chi connectivity index (χ2n) is 3.89. The van der Waals surface area contributed by atoms with Crippen molar-refractivity contribution >= 4 is 11.7 Å². The molecule has 0 aromatic heterocycles. The molecule has 0 aliphatic rings. The number of benzene rings is 1. The molecule has 0 unspecified atom stereocenters. The lowest BCUT2D eigenvalue weighted by molar-refractivity contribution is 0.224. The van der Waals surface area contributed by atoms with Gasteiger partial charge >= 0.3 is 6.03 Å². The molecule has 0 heterocycles. The number of aryl methyl sites for hydroxylation is 1. The number of amides is 2. The summed E-state index contributed by atoms with van der Waals surface area (Å²) in [7, 11) is 3.42. The standard InChI is InChI=1S/C12H18N2O2/c1-5-14(12(16)13(3)4)11-8-10(15)7-6-9(11)2/h6-8,15H,5H2,1-4H3. The molecule has 0 spiro atoms. The van der Waals surface area contributed by atoms with Crippen molar-refractivity contribution in [3.05, 3.63) is 23.8 Å². The molecule has 0 saturated heterocycles. The van der Waals surface area contributed by atoms with Crippen LogP contribution in [0.5, 0.6) is 5.75 Å². The smallest absolute Gasteiger partial charge is 0.323 e. The molecule has 1 N–H and O–H groups in total. The van der Waals surface area contributed by atoms with Crippen LogP contribution in [0.15, 0.2) is 18.2 Å². The molecule has 0 saturated carbocycles. The number of anilines is 1. The van der Waals surface area contributed by atoms with E-state index in [1.807, 2.05) is 13.8 Å². The fraction of sp³-hybridized carbons (Fsp3) is 0.417. The quantitative estimate of drug-likeness (QED) is 0.833. The summed E-state index contributed by atoms with van der Waals surface area (Å²) >= 11 is 0. The highest BCUT2D eigenvalue weighted by molar-refractivity contribution is 5.92. The van der Waals surface area contributed by atoms with Crippen LogP contribution in [-0.2, 0) is 0 Å². The fourth-order valence-corrected chi connectivity index (χ4v) is 1.54. The Kier molecular flexibility index (Phi) is 3.77. The number of urea groups is 1. The maximum Gasteiger partial charge on any atom is 0.323 e. The first-order valence-corrected chi connectivity index (χ1v) is 5.25. The summed E-state index contributed by atoms with van der Waals surface area (Å²) in [5.41, 5.74) is 1.72. The van der Waals surface area contributed by atoms with E-state index in [2.05, 4.69) is 0 Å². The average Bonchev–Trinajstić information content (AvgIpc) is 2.23. The predicted molar refractivity (Wildman–Crippen MR) is 64.9 cm³/mol. The highest BCUT2D eigenvalue weighted by Crippen LogP contribution is 2.25. The zero-order chi connectivity index (χ0) is 12.3. The summed E-state index contributed by atoms with van der Waals surface area (Å²) in [5.74, 6) is 0.172. The van der Waals surface area contributed by atoms with Crippen LogP contribution in [0.4, 0.5) is 10.5 Å². The summed E-state index contributed by atoms with van der Waals surface area (Å²) in [4.78, 5) is 15.1. The maximum absolute atomic E-state index is 11.9. The van der Waals surface area contributed by atoms with Crippen molar-refractivity contribution < 1.29 is 9.90 Å². The molecule has 0 bridgehead atoms. The largest absolute Gasteiger partial charge is 0.508 e. The van der Waals surface area contributed by atoms with Gasteiger partial charge in [-0.1, -0.05) is 6.07 Å². The third-order valence-electron chi connectivity index (χ3n) is 2.41. The summed E-state index contributed by atoms with van der Waals surface area (Å²) in [6.45, 7) is 4.40. The fourth-order valence-electron chi connectivity index (χ4n) is 1.54. The Morgan fingerprint density at radius 1 is 1.38 bits per heavy atom. The third-order valence-corrected chi connectivity index (χ3v) is 2.41. The van der Waals surface area contributed by atoms with Gasteiger partial charge in [0.25, 0.3) is 0 Å². The number of phenolic OH excluding ortho intramolecular Hbond substituents is 1. The van der Waals surface area contributed by atoms with Crippen LogP contribution in [0.25, 0.3) is 0 Å². The summed E-state index contributed by atoms with van der Waals surface area (Å²) < 4.78 is 0. The zero-order valence-corrected chi connectivity index (χ0v) is 10.2. The SMILES string of the molecule is CCN(C(=O)N(C)C)c1cc(O)ccc1C. The molecule has 0 aliphatic heterocycles. The second-order valence-corrected chi connectivity index (χ2v) is 3.89. The zero-order valence-electron chi connectivity index (χ0n) is 10.2. The van der Waals surface area contributed by atoms with Gasteiger partial charge in [-0.15, -0.1) is 0 Å². The van der Waals surface area contributed by atoms with E-state index in [-0.39, 0.29) is 11.8 Å². The number of carbonyl (C=O) groups excluding carboxylic acids is 1. The van der Waals surface area contributed by atoms with Gasteiger partial charge in [0.05, 0.1) is 5.69 Å². The first kappa shape index (κ1) is 12.4. The number of hydrogen-bond acceptors (Lipinski definition) is 2. The molecule has 4 nitrogen and oxygen atoms in total. The first-order chi connectivity index (χ1) is 7.47. The highest BCUT2D eigenvalue weighted by atomic mass is 16.3. The van der Waals surface area contributed by atoms with Crippen LogP contribution in [0, 0.1) is 6.92 Å². The lowest BCUT2D eigenvalue weighted by Gasteiger charge is -2.26. The minimum Gasteiger partial charge on any atom is -0.508 e. The molecule has 88 valence electrons. The van der Waals surface area contributed by atoms with Crippen molar-refractivity contribution in [1.29, 1.82) is 0 Å². The van der Waals surface area contributed by atoms with Crippen molar-refractivity contribution in [1.82, 2.24) is 4.90 Å². The monoisotopic (exact) mass is 222 g/mol. The van der Waals surface area contributed by atoms with E-state index in [1.165, 1.54) is 4.90 Å². The molecule has 0 aliphatic carbocycles. The van der Waals surface area contributed by atoms with Gasteiger partial charge in [-0.05, 0) is 25.5 Å². The van der Waals surface area contributed by atoms with Gasteiger partial charge in [-0.3, -0.25) is 4.90 Å². The maximum atomic E-state index is 11.9. The van der Waals surface area contributed by atoms with Gasteiger partial charge in [0, 0.05) is 26.7 Å². The second kappa shape index (κ2) is 4.88. The Morgan fingerprint density at radius 3 is 2.50 bits per heavy atom. The van der Waals surface area contributed by atoms with E-state index in [0.717, 1.165) is 11.3 Å². The van der Waals surface area contributed by atoms with Crippen molar-refractivity contribution in [3.8, 4) is 5.75 Å². The molecule has 1 aromatic rings. The molecule has 0 atom stereocenters. The lowest BCUT2D eigenvalue weighted by Crippen LogP contribution is -2.39. The Hall–Kier alpha value is -1.71. The number of carbonyl (C=O) groups is 1. The Balaban J connectivity index is 3.13. The highest BCUT2D eigenvalue weighted by Gasteiger charge is 2.17. The molecule has 1 rings (SSSR count). The number of aromatic hydroxyl groups is 1.